The minimum atomic E-state index is -3.74. The summed E-state index contributed by atoms with van der Waals surface area (Å²) < 4.78 is 30.8. The number of hydrogen-bond donors (Lipinski definition) is 1. The predicted octanol–water partition coefficient (Wildman–Crippen LogP) is 2.36. The van der Waals surface area contributed by atoms with E-state index in [2.05, 4.69) is 14.8 Å². The Morgan fingerprint density at radius 2 is 2.07 bits per heavy atom. The van der Waals surface area contributed by atoms with Crippen molar-refractivity contribution >= 4 is 27.5 Å². The summed E-state index contributed by atoms with van der Waals surface area (Å²) in [5.74, 6) is 0.189. The van der Waals surface area contributed by atoms with E-state index in [0.29, 0.717) is 30.3 Å². The lowest BCUT2D eigenvalue weighted by molar-refractivity contribution is 0.0691. The number of carbonyl (C=O) groups is 1. The number of likely N-dealkylation sites (tertiary alicyclic amines) is 1. The molecule has 2 aromatic rings. The summed E-state index contributed by atoms with van der Waals surface area (Å²) >= 11 is 0. The van der Waals surface area contributed by atoms with Gasteiger partial charge in [0.2, 0.25) is 0 Å². The van der Waals surface area contributed by atoms with Crippen LogP contribution in [0.15, 0.2) is 33.6 Å². The second-order valence-corrected chi connectivity index (χ2v) is 9.13. The molecule has 3 heterocycles. The van der Waals surface area contributed by atoms with Crippen LogP contribution in [0.25, 0.3) is 0 Å². The standard InChI is InChI=1S/C20H25N5O3S/c1-4-15-13(2)18(24(3)22-15)20(26)25-11-7-8-14(12-25)19-21-16-9-5-6-10-17(16)29(27,28)23-19/h5-6,9-10,14H,4,7-8,11-12H2,1-3H3,(H,21,23). The van der Waals surface area contributed by atoms with Crippen molar-refractivity contribution in [2.45, 2.75) is 38.0 Å². The molecule has 0 aliphatic carbocycles. The van der Waals surface area contributed by atoms with Gasteiger partial charge in [-0.1, -0.05) is 19.1 Å². The fraction of sp³-hybridized carbons (Fsp3) is 0.450. The zero-order valence-corrected chi connectivity index (χ0v) is 17.7. The van der Waals surface area contributed by atoms with E-state index in [1.165, 1.54) is 0 Å². The molecule has 0 saturated carbocycles. The third-order valence-electron chi connectivity index (χ3n) is 5.66. The van der Waals surface area contributed by atoms with E-state index < -0.39 is 10.0 Å². The van der Waals surface area contributed by atoms with Gasteiger partial charge in [-0.25, -0.2) is 0 Å². The molecule has 29 heavy (non-hydrogen) atoms. The summed E-state index contributed by atoms with van der Waals surface area (Å²) in [7, 11) is -1.95. The molecule has 2 aliphatic rings. The maximum absolute atomic E-state index is 13.2. The first-order valence-corrected chi connectivity index (χ1v) is 11.3. The Labute approximate surface area is 170 Å². The number of nitrogens with one attached hydrogen (secondary N) is 1. The Hall–Kier alpha value is -2.68. The molecular formula is C20H25N5O3S. The SMILES string of the molecule is CCc1nn(C)c(C(=O)N2CCCC(C3=NS(=O)(=O)c4ccccc4N3)C2)c1C. The third-order valence-corrected chi connectivity index (χ3v) is 7.01. The van der Waals surface area contributed by atoms with Crippen molar-refractivity contribution < 1.29 is 13.2 Å². The number of para-hydroxylation sites is 1. The molecule has 1 atom stereocenters. The van der Waals surface area contributed by atoms with Crippen LogP contribution in [-0.2, 0) is 23.5 Å². The van der Waals surface area contributed by atoms with Crippen molar-refractivity contribution in [2.75, 3.05) is 18.4 Å². The highest BCUT2D eigenvalue weighted by molar-refractivity contribution is 7.90. The van der Waals surface area contributed by atoms with Crippen molar-refractivity contribution in [1.82, 2.24) is 14.7 Å². The van der Waals surface area contributed by atoms with Gasteiger partial charge >= 0.3 is 0 Å². The van der Waals surface area contributed by atoms with Gasteiger partial charge in [-0.2, -0.15) is 13.5 Å². The number of aryl methyl sites for hydroxylation is 2. The lowest BCUT2D eigenvalue weighted by atomic mass is 9.96. The average molecular weight is 416 g/mol. The van der Waals surface area contributed by atoms with Gasteiger partial charge in [0.15, 0.2) is 0 Å². The van der Waals surface area contributed by atoms with Crippen molar-refractivity contribution in [1.29, 1.82) is 0 Å². The molecule has 1 unspecified atom stereocenters. The van der Waals surface area contributed by atoms with Gasteiger partial charge in [0.1, 0.15) is 16.4 Å². The highest BCUT2D eigenvalue weighted by Gasteiger charge is 2.34. The number of carbonyl (C=O) groups excluding carboxylic acids is 1. The molecule has 0 radical (unpaired) electrons. The molecular weight excluding hydrogens is 390 g/mol. The minimum absolute atomic E-state index is 0.0680. The number of nitrogens with zero attached hydrogens (tertiary/aromatic N) is 4. The second-order valence-electron chi connectivity index (χ2n) is 7.56. The maximum Gasteiger partial charge on any atom is 0.286 e. The number of piperidine rings is 1. The molecule has 1 aromatic heterocycles. The average Bonchev–Trinajstić information content (AvgIpc) is 3.00. The molecule has 0 spiro atoms. The Morgan fingerprint density at radius 3 is 2.79 bits per heavy atom. The van der Waals surface area contributed by atoms with Crippen LogP contribution in [0.2, 0.25) is 0 Å². The quantitative estimate of drug-likeness (QED) is 0.830. The summed E-state index contributed by atoms with van der Waals surface area (Å²) in [6.45, 7) is 5.01. The van der Waals surface area contributed by atoms with Gasteiger partial charge in [0.05, 0.1) is 11.4 Å². The number of sulfonamides is 1. The summed E-state index contributed by atoms with van der Waals surface area (Å²) in [6.07, 6.45) is 2.34. The van der Waals surface area contributed by atoms with Gasteiger partial charge in [-0.05, 0) is 38.3 Å². The number of amidine groups is 1. The molecule has 1 fully saturated rings. The highest BCUT2D eigenvalue weighted by atomic mass is 32.2. The molecule has 4 rings (SSSR count). The van der Waals surface area contributed by atoms with E-state index >= 15 is 0 Å². The first kappa shape index (κ1) is 19.6. The van der Waals surface area contributed by atoms with Crippen molar-refractivity contribution in [2.24, 2.45) is 17.4 Å². The molecule has 1 N–H and O–H groups in total. The zero-order chi connectivity index (χ0) is 20.8. The summed E-state index contributed by atoms with van der Waals surface area (Å²) in [6, 6.07) is 6.75. The first-order chi connectivity index (χ1) is 13.8. The lowest BCUT2D eigenvalue weighted by Gasteiger charge is -2.34. The number of anilines is 1. The van der Waals surface area contributed by atoms with Crippen LogP contribution in [0.5, 0.6) is 0 Å². The molecule has 1 amide bonds. The van der Waals surface area contributed by atoms with E-state index in [1.807, 2.05) is 13.8 Å². The smallest absolute Gasteiger partial charge is 0.286 e. The molecule has 1 saturated heterocycles. The first-order valence-electron chi connectivity index (χ1n) is 9.84. The highest BCUT2D eigenvalue weighted by Crippen LogP contribution is 2.30. The summed E-state index contributed by atoms with van der Waals surface area (Å²) in [5.41, 5.74) is 2.97. The monoisotopic (exact) mass is 415 g/mol. The number of fused-ring (bicyclic) bond motifs is 1. The number of benzene rings is 1. The Morgan fingerprint density at radius 1 is 1.31 bits per heavy atom. The van der Waals surface area contributed by atoms with Crippen LogP contribution < -0.4 is 5.32 Å². The Kier molecular flexibility index (Phi) is 4.94. The van der Waals surface area contributed by atoms with Crippen LogP contribution in [0.3, 0.4) is 0 Å². The van der Waals surface area contributed by atoms with Crippen LogP contribution in [0.4, 0.5) is 5.69 Å². The molecule has 2 aliphatic heterocycles. The minimum Gasteiger partial charge on any atom is -0.342 e. The number of aromatic nitrogens is 2. The molecule has 8 nitrogen and oxygen atoms in total. The lowest BCUT2D eigenvalue weighted by Crippen LogP contribution is -2.45. The Bertz CT molecular complexity index is 1100. The van der Waals surface area contributed by atoms with Gasteiger partial charge in [-0.15, -0.1) is 4.40 Å². The van der Waals surface area contributed by atoms with Gasteiger partial charge < -0.3 is 10.2 Å². The molecule has 154 valence electrons. The van der Waals surface area contributed by atoms with Gasteiger partial charge in [0, 0.05) is 31.6 Å². The number of rotatable bonds is 3. The predicted molar refractivity (Wildman–Crippen MR) is 111 cm³/mol. The Balaban J connectivity index is 1.59. The maximum atomic E-state index is 13.2. The van der Waals surface area contributed by atoms with E-state index in [-0.39, 0.29) is 16.7 Å². The third kappa shape index (κ3) is 3.43. The summed E-state index contributed by atoms with van der Waals surface area (Å²) in [4.78, 5) is 15.2. The van der Waals surface area contributed by atoms with E-state index in [4.69, 9.17) is 0 Å². The van der Waals surface area contributed by atoms with Gasteiger partial charge in [-0.3, -0.25) is 9.48 Å². The van der Waals surface area contributed by atoms with Gasteiger partial charge in [0.25, 0.3) is 15.9 Å². The van der Waals surface area contributed by atoms with Crippen molar-refractivity contribution in [3.05, 3.63) is 41.2 Å². The normalized spacial score (nSPS) is 20.6. The van der Waals surface area contributed by atoms with Crippen LogP contribution in [0, 0.1) is 12.8 Å². The second kappa shape index (κ2) is 7.29. The fourth-order valence-electron chi connectivity index (χ4n) is 4.17. The molecule has 0 bridgehead atoms. The van der Waals surface area contributed by atoms with E-state index in [9.17, 15) is 13.2 Å². The van der Waals surface area contributed by atoms with Crippen molar-refractivity contribution in [3.63, 3.8) is 0 Å². The van der Waals surface area contributed by atoms with E-state index in [1.54, 1.807) is 40.9 Å². The van der Waals surface area contributed by atoms with Crippen LogP contribution in [-0.4, -0.2) is 47.9 Å². The van der Waals surface area contributed by atoms with Crippen molar-refractivity contribution in [3.8, 4) is 0 Å². The number of amides is 1. The molecule has 1 aromatic carbocycles. The zero-order valence-electron chi connectivity index (χ0n) is 16.8. The van der Waals surface area contributed by atoms with E-state index in [0.717, 1.165) is 30.5 Å². The summed E-state index contributed by atoms with van der Waals surface area (Å²) in [5, 5.41) is 7.62. The fourth-order valence-corrected chi connectivity index (χ4v) is 5.37. The molecule has 9 heteroatoms. The number of hydrogen-bond acceptors (Lipinski definition) is 5. The van der Waals surface area contributed by atoms with Crippen LogP contribution >= 0.6 is 0 Å². The van der Waals surface area contributed by atoms with Crippen LogP contribution in [0.1, 0.15) is 41.5 Å². The topological polar surface area (TPSA) is 96.7 Å². The largest absolute Gasteiger partial charge is 0.342 e.